The number of rotatable bonds is 70. The maximum atomic E-state index is 14.6. The van der Waals surface area contributed by atoms with E-state index in [-0.39, 0.29) is 36.2 Å². The highest BCUT2D eigenvalue weighted by Crippen LogP contribution is 2.22. The van der Waals surface area contributed by atoms with Gasteiger partial charge < -0.3 is 30.2 Å². The molecule has 0 fully saturated rings. The Morgan fingerprint density at radius 3 is 0.602 bits per heavy atom. The van der Waals surface area contributed by atoms with Crippen molar-refractivity contribution < 1.29 is 30.0 Å². The van der Waals surface area contributed by atoms with Gasteiger partial charge in [-0.25, -0.2) is 0 Å². The molecule has 8 nitrogen and oxygen atoms in total. The fourth-order valence-electron chi connectivity index (χ4n) is 13.3. The molecule has 0 saturated carbocycles. The van der Waals surface area contributed by atoms with Crippen molar-refractivity contribution in [1.29, 1.82) is 0 Å². The van der Waals surface area contributed by atoms with E-state index in [1.54, 1.807) is 0 Å². The maximum Gasteiger partial charge on any atom is 0.253 e. The first-order valence-electron chi connectivity index (χ1n) is 39.6. The summed E-state index contributed by atoms with van der Waals surface area (Å²) in [6, 6.07) is 7.74. The lowest BCUT2D eigenvalue weighted by Gasteiger charge is -2.25. The second kappa shape index (κ2) is 65.1. The average molecular weight is 1240 g/mol. The molecule has 4 unspecified atom stereocenters. The van der Waals surface area contributed by atoms with Gasteiger partial charge in [0.2, 0.25) is 0 Å². The largest absolute Gasteiger partial charge is 0.393 e. The van der Waals surface area contributed by atoms with E-state index in [2.05, 4.69) is 37.5 Å². The van der Waals surface area contributed by atoms with Crippen LogP contribution in [-0.2, 0) is 0 Å². The van der Waals surface area contributed by atoms with Gasteiger partial charge in [0, 0.05) is 37.3 Å². The molecule has 518 valence electrons. The SMILES string of the molecule is CCCCCCC(O)CCCCCCCCCCCN(CCCCCCCCCCCC(O)CCCCCC)C(=O)c1cccc(C(=O)N(CCCCCCCCCCCC(O)CCCCCC)CCCCCCCCCCCC(O)CCCCCC)c1. The standard InChI is InChI=1S/C80H152N2O6/c1-5-9-13-45-60-75(83)64-49-37-29-21-17-25-33-41-53-68-81(69-54-42-34-26-18-22-30-38-50-65-76(84)61-46-14-10-6-2)79(87)73-58-57-59-74(72-73)80(88)82(70-55-43-35-27-19-23-31-39-51-66-77(85)62-47-15-11-7-3)71-56-44-36-28-20-24-32-40-52-67-78(86)63-48-16-12-8-4/h57-59,72,75-78,83-86H,5-56,60-71H2,1-4H3. The number of benzene rings is 1. The number of hydrogen-bond donors (Lipinski definition) is 4. The van der Waals surface area contributed by atoms with Gasteiger partial charge in [0.15, 0.2) is 0 Å². The minimum atomic E-state index is -0.117. The summed E-state index contributed by atoms with van der Waals surface area (Å²) in [6.45, 7) is 12.0. The number of aliphatic hydroxyl groups excluding tert-OH is 4. The Morgan fingerprint density at radius 2 is 0.420 bits per heavy atom. The van der Waals surface area contributed by atoms with Gasteiger partial charge in [-0.15, -0.1) is 0 Å². The smallest absolute Gasteiger partial charge is 0.253 e. The number of nitrogens with zero attached hydrogens (tertiary/aromatic N) is 2. The van der Waals surface area contributed by atoms with Crippen molar-refractivity contribution in [3.8, 4) is 0 Å². The van der Waals surface area contributed by atoms with Crippen LogP contribution in [0.25, 0.3) is 0 Å². The highest BCUT2D eigenvalue weighted by atomic mass is 16.3. The molecule has 88 heavy (non-hydrogen) atoms. The van der Waals surface area contributed by atoms with Crippen molar-refractivity contribution in [1.82, 2.24) is 9.80 Å². The molecule has 0 aliphatic heterocycles. The van der Waals surface area contributed by atoms with Crippen LogP contribution in [0.3, 0.4) is 0 Å². The zero-order chi connectivity index (χ0) is 63.9. The molecule has 0 spiro atoms. The normalized spacial score (nSPS) is 13.1. The van der Waals surface area contributed by atoms with E-state index in [0.29, 0.717) is 11.1 Å². The third-order valence-electron chi connectivity index (χ3n) is 19.4. The van der Waals surface area contributed by atoms with E-state index in [1.165, 1.54) is 231 Å². The third-order valence-corrected chi connectivity index (χ3v) is 19.4. The summed E-state index contributed by atoms with van der Waals surface area (Å²) in [4.78, 5) is 33.3. The van der Waals surface area contributed by atoms with Crippen LogP contribution in [-0.4, -0.2) is 92.6 Å². The van der Waals surface area contributed by atoms with Crippen molar-refractivity contribution >= 4 is 11.8 Å². The Balaban J connectivity index is 2.83. The predicted molar refractivity (Wildman–Crippen MR) is 382 cm³/mol. The summed E-state index contributed by atoms with van der Waals surface area (Å²) in [5, 5.41) is 41.5. The molecule has 1 aromatic rings. The molecule has 0 bridgehead atoms. The molecule has 1 rings (SSSR count). The zero-order valence-electron chi connectivity index (χ0n) is 59.4. The molecule has 0 heterocycles. The van der Waals surface area contributed by atoms with Gasteiger partial charge in [0.05, 0.1) is 24.4 Å². The minimum absolute atomic E-state index is 0.0733. The number of hydrogen-bond acceptors (Lipinski definition) is 6. The number of carbonyl (C=O) groups excluding carboxylic acids is 2. The Kier molecular flexibility index (Phi) is 62.1. The van der Waals surface area contributed by atoms with Crippen molar-refractivity contribution in [3.05, 3.63) is 35.4 Å². The molecule has 4 N–H and O–H groups in total. The highest BCUT2D eigenvalue weighted by molar-refractivity contribution is 5.99. The average Bonchev–Trinajstić information content (AvgIpc) is 3.64. The summed E-state index contributed by atoms with van der Waals surface area (Å²) in [5.41, 5.74) is 1.30. The Hall–Kier alpha value is -2.00. The Morgan fingerprint density at radius 1 is 0.261 bits per heavy atom. The Labute approximate surface area is 547 Å². The monoisotopic (exact) mass is 1240 g/mol. The number of amides is 2. The van der Waals surface area contributed by atoms with Crippen LogP contribution >= 0.6 is 0 Å². The van der Waals surface area contributed by atoms with Crippen LogP contribution in [0.15, 0.2) is 24.3 Å². The zero-order valence-corrected chi connectivity index (χ0v) is 59.4. The molecule has 1 aromatic carbocycles. The van der Waals surface area contributed by atoms with Gasteiger partial charge in [-0.3, -0.25) is 9.59 Å². The van der Waals surface area contributed by atoms with Crippen molar-refractivity contribution in [2.75, 3.05) is 26.2 Å². The van der Waals surface area contributed by atoms with Gasteiger partial charge in [0.1, 0.15) is 0 Å². The molecular formula is C80H152N2O6. The van der Waals surface area contributed by atoms with Crippen LogP contribution in [0.1, 0.15) is 434 Å². The first kappa shape index (κ1) is 84.0. The lowest BCUT2D eigenvalue weighted by Crippen LogP contribution is -2.34. The molecule has 4 atom stereocenters. The van der Waals surface area contributed by atoms with E-state index in [4.69, 9.17) is 0 Å². The van der Waals surface area contributed by atoms with Crippen LogP contribution in [0.2, 0.25) is 0 Å². The molecule has 2 amide bonds. The molecule has 0 aliphatic rings. The first-order valence-corrected chi connectivity index (χ1v) is 39.6. The van der Waals surface area contributed by atoms with Gasteiger partial charge in [-0.2, -0.15) is 0 Å². The topological polar surface area (TPSA) is 122 Å². The number of carbonyl (C=O) groups is 2. The number of aliphatic hydroxyl groups is 4. The molecule has 0 radical (unpaired) electrons. The lowest BCUT2D eigenvalue weighted by molar-refractivity contribution is 0.0747. The molecule has 0 aromatic heterocycles. The second-order valence-electron chi connectivity index (χ2n) is 28.1. The highest BCUT2D eigenvalue weighted by Gasteiger charge is 2.21. The van der Waals surface area contributed by atoms with E-state index in [1.807, 2.05) is 24.3 Å². The van der Waals surface area contributed by atoms with Gasteiger partial charge >= 0.3 is 0 Å². The summed E-state index contributed by atoms with van der Waals surface area (Å²) < 4.78 is 0. The minimum Gasteiger partial charge on any atom is -0.393 e. The van der Waals surface area contributed by atoms with Gasteiger partial charge in [-0.1, -0.05) is 342 Å². The quantitative estimate of drug-likeness (QED) is 0.0482. The van der Waals surface area contributed by atoms with E-state index >= 15 is 0 Å². The summed E-state index contributed by atoms with van der Waals surface area (Å²) in [7, 11) is 0. The van der Waals surface area contributed by atoms with Crippen LogP contribution in [0.5, 0.6) is 0 Å². The molecule has 8 heteroatoms. The van der Waals surface area contributed by atoms with Crippen molar-refractivity contribution in [3.63, 3.8) is 0 Å². The van der Waals surface area contributed by atoms with Crippen LogP contribution in [0.4, 0.5) is 0 Å². The summed E-state index contributed by atoms with van der Waals surface area (Å²) in [6.07, 6.45) is 70.0. The summed E-state index contributed by atoms with van der Waals surface area (Å²) >= 11 is 0. The lowest BCUT2D eigenvalue weighted by atomic mass is 10.0. The first-order chi connectivity index (χ1) is 43.2. The Bertz CT molecular complexity index is 1420. The van der Waals surface area contributed by atoms with Gasteiger partial charge in [0.25, 0.3) is 11.8 Å². The second-order valence-corrected chi connectivity index (χ2v) is 28.1. The van der Waals surface area contributed by atoms with Crippen molar-refractivity contribution in [2.45, 2.75) is 437 Å². The fourth-order valence-corrected chi connectivity index (χ4v) is 13.3. The molecule has 0 aliphatic carbocycles. The van der Waals surface area contributed by atoms with Gasteiger partial charge in [-0.05, 0) is 95.2 Å². The third kappa shape index (κ3) is 53.5. The predicted octanol–water partition coefficient (Wildman–Crippen LogP) is 23.5. The van der Waals surface area contributed by atoms with Crippen molar-refractivity contribution in [2.24, 2.45) is 0 Å². The fraction of sp³-hybridized carbons (Fsp3) is 0.900. The number of unbranched alkanes of at least 4 members (excludes halogenated alkanes) is 44. The van der Waals surface area contributed by atoms with E-state index < -0.39 is 0 Å². The van der Waals surface area contributed by atoms with Crippen LogP contribution < -0.4 is 0 Å². The molecular weight excluding hydrogens is 1080 g/mol. The van der Waals surface area contributed by atoms with E-state index in [0.717, 1.165) is 180 Å². The maximum absolute atomic E-state index is 14.6. The van der Waals surface area contributed by atoms with Crippen LogP contribution in [0, 0.1) is 0 Å². The molecule has 0 saturated heterocycles. The summed E-state index contributed by atoms with van der Waals surface area (Å²) in [5.74, 6) is 0.147. The van der Waals surface area contributed by atoms with E-state index in [9.17, 15) is 30.0 Å².